The molecule has 1 fully saturated rings. The lowest BCUT2D eigenvalue weighted by Crippen LogP contribution is -2.32. The molecule has 0 spiro atoms. The average Bonchev–Trinajstić information content (AvgIpc) is 2.74. The number of hydrogen-bond donors (Lipinski definition) is 1. The van der Waals surface area contributed by atoms with Gasteiger partial charge in [0, 0.05) is 6.04 Å². The maximum atomic E-state index is 10.8. The summed E-state index contributed by atoms with van der Waals surface area (Å²) in [5.74, 6) is 0.711. The molecule has 0 aliphatic heterocycles. The second-order valence-electron chi connectivity index (χ2n) is 5.19. The highest BCUT2D eigenvalue weighted by Crippen LogP contribution is 2.41. The highest BCUT2D eigenvalue weighted by atomic mass is 16.5. The topological polar surface area (TPSA) is 47.3 Å². The van der Waals surface area contributed by atoms with Crippen LogP contribution in [0.2, 0.25) is 0 Å². The van der Waals surface area contributed by atoms with Crippen LogP contribution in [0, 0.1) is 0 Å². The predicted octanol–water partition coefficient (Wildman–Crippen LogP) is 2.62. The van der Waals surface area contributed by atoms with Gasteiger partial charge in [-0.15, -0.1) is 0 Å². The fourth-order valence-corrected chi connectivity index (χ4v) is 2.70. The van der Waals surface area contributed by atoms with Crippen molar-refractivity contribution in [3.05, 3.63) is 11.9 Å². The minimum Gasteiger partial charge on any atom is -0.493 e. The van der Waals surface area contributed by atoms with E-state index in [0.717, 1.165) is 31.4 Å². The molecule has 0 saturated heterocycles. The molecule has 96 valence electrons. The van der Waals surface area contributed by atoms with Gasteiger partial charge >= 0.3 is 0 Å². The molecule has 1 aromatic rings. The molecule has 17 heavy (non-hydrogen) atoms. The monoisotopic (exact) mass is 238 g/mol. The van der Waals surface area contributed by atoms with E-state index in [1.165, 1.54) is 6.42 Å². The standard InChI is InChI=1S/C13H22N2O2/c1-10(2)15-12(11(17-3)9-14-15)13(16)7-5-4-6-8-13/h9-10,16H,4-8H2,1-3H3. The van der Waals surface area contributed by atoms with E-state index in [1.54, 1.807) is 13.3 Å². The fraction of sp³-hybridized carbons (Fsp3) is 0.769. The second-order valence-corrected chi connectivity index (χ2v) is 5.19. The molecule has 0 aromatic carbocycles. The van der Waals surface area contributed by atoms with Gasteiger partial charge in [-0.1, -0.05) is 19.3 Å². The molecule has 1 aliphatic carbocycles. The minimum absolute atomic E-state index is 0.236. The van der Waals surface area contributed by atoms with Crippen molar-refractivity contribution in [2.24, 2.45) is 0 Å². The number of rotatable bonds is 3. The van der Waals surface area contributed by atoms with Crippen molar-refractivity contribution >= 4 is 0 Å². The fourth-order valence-electron chi connectivity index (χ4n) is 2.70. The van der Waals surface area contributed by atoms with Crippen LogP contribution < -0.4 is 4.74 Å². The first-order valence-electron chi connectivity index (χ1n) is 6.43. The third-order valence-corrected chi connectivity index (χ3v) is 3.59. The lowest BCUT2D eigenvalue weighted by molar-refractivity contribution is -0.0116. The molecule has 1 aliphatic rings. The third-order valence-electron chi connectivity index (χ3n) is 3.59. The maximum absolute atomic E-state index is 10.8. The Morgan fingerprint density at radius 2 is 2.00 bits per heavy atom. The van der Waals surface area contributed by atoms with Crippen LogP contribution in [0.4, 0.5) is 0 Å². The number of hydrogen-bond acceptors (Lipinski definition) is 3. The van der Waals surface area contributed by atoms with Gasteiger partial charge in [0.2, 0.25) is 0 Å². The summed E-state index contributed by atoms with van der Waals surface area (Å²) in [6.45, 7) is 4.14. The highest BCUT2D eigenvalue weighted by molar-refractivity contribution is 5.31. The van der Waals surface area contributed by atoms with E-state index in [1.807, 2.05) is 4.68 Å². The van der Waals surface area contributed by atoms with E-state index in [9.17, 15) is 5.11 Å². The summed E-state index contributed by atoms with van der Waals surface area (Å²) in [6.07, 6.45) is 6.68. The molecule has 2 rings (SSSR count). The van der Waals surface area contributed by atoms with Crippen molar-refractivity contribution in [1.29, 1.82) is 0 Å². The average molecular weight is 238 g/mol. The summed E-state index contributed by atoms with van der Waals surface area (Å²) in [5.41, 5.74) is 0.0966. The Morgan fingerprint density at radius 3 is 2.53 bits per heavy atom. The predicted molar refractivity (Wildman–Crippen MR) is 66.1 cm³/mol. The highest BCUT2D eigenvalue weighted by Gasteiger charge is 2.37. The molecule has 0 bridgehead atoms. The second kappa shape index (κ2) is 4.69. The SMILES string of the molecule is COc1cnn(C(C)C)c1C1(O)CCCCC1. The van der Waals surface area contributed by atoms with Crippen molar-refractivity contribution in [3.8, 4) is 5.75 Å². The maximum Gasteiger partial charge on any atom is 0.162 e. The molecular formula is C13H22N2O2. The van der Waals surface area contributed by atoms with Crippen molar-refractivity contribution in [3.63, 3.8) is 0 Å². The molecule has 0 unspecified atom stereocenters. The Hall–Kier alpha value is -1.03. The molecule has 4 heteroatoms. The first kappa shape index (κ1) is 12.4. The lowest BCUT2D eigenvalue weighted by atomic mass is 9.82. The van der Waals surface area contributed by atoms with Crippen molar-refractivity contribution in [2.75, 3.05) is 7.11 Å². The van der Waals surface area contributed by atoms with Crippen molar-refractivity contribution in [1.82, 2.24) is 9.78 Å². The zero-order chi connectivity index (χ0) is 12.5. The van der Waals surface area contributed by atoms with Gasteiger partial charge in [0.15, 0.2) is 5.75 Å². The van der Waals surface area contributed by atoms with Crippen LogP contribution in [0.25, 0.3) is 0 Å². The van der Waals surface area contributed by atoms with E-state index < -0.39 is 5.60 Å². The molecule has 1 heterocycles. The van der Waals surface area contributed by atoms with Crippen LogP contribution in [-0.4, -0.2) is 22.0 Å². The number of nitrogens with zero attached hydrogens (tertiary/aromatic N) is 2. The summed E-state index contributed by atoms with van der Waals surface area (Å²) in [5, 5.41) is 15.2. The van der Waals surface area contributed by atoms with Gasteiger partial charge in [-0.2, -0.15) is 5.10 Å². The summed E-state index contributed by atoms with van der Waals surface area (Å²) in [6, 6.07) is 0.236. The van der Waals surface area contributed by atoms with Gasteiger partial charge in [-0.25, -0.2) is 0 Å². The molecule has 0 amide bonds. The first-order valence-corrected chi connectivity index (χ1v) is 6.43. The van der Waals surface area contributed by atoms with Gasteiger partial charge in [0.05, 0.1) is 13.3 Å². The van der Waals surface area contributed by atoms with Gasteiger partial charge in [-0.05, 0) is 26.7 Å². The van der Waals surface area contributed by atoms with E-state index in [-0.39, 0.29) is 6.04 Å². The Morgan fingerprint density at radius 1 is 1.35 bits per heavy atom. The number of aliphatic hydroxyl groups is 1. The van der Waals surface area contributed by atoms with E-state index in [4.69, 9.17) is 4.74 Å². The normalized spacial score (nSPS) is 19.6. The molecule has 1 N–H and O–H groups in total. The quantitative estimate of drug-likeness (QED) is 0.880. The first-order chi connectivity index (χ1) is 8.08. The molecule has 0 atom stereocenters. The van der Waals surface area contributed by atoms with E-state index in [0.29, 0.717) is 5.75 Å². The van der Waals surface area contributed by atoms with Gasteiger partial charge in [-0.3, -0.25) is 4.68 Å². The van der Waals surface area contributed by atoms with E-state index >= 15 is 0 Å². The minimum atomic E-state index is -0.760. The summed E-state index contributed by atoms with van der Waals surface area (Å²) >= 11 is 0. The van der Waals surface area contributed by atoms with Crippen LogP contribution in [0.15, 0.2) is 6.20 Å². The third kappa shape index (κ3) is 2.18. The zero-order valence-electron chi connectivity index (χ0n) is 10.9. The Kier molecular flexibility index (Phi) is 3.43. The van der Waals surface area contributed by atoms with Gasteiger partial charge < -0.3 is 9.84 Å². The Bertz CT molecular complexity index is 379. The van der Waals surface area contributed by atoms with Crippen LogP contribution in [0.3, 0.4) is 0 Å². The molecule has 1 aromatic heterocycles. The van der Waals surface area contributed by atoms with Crippen molar-refractivity contribution in [2.45, 2.75) is 57.6 Å². The molecule has 0 radical (unpaired) electrons. The van der Waals surface area contributed by atoms with Crippen LogP contribution in [0.1, 0.15) is 57.7 Å². The summed E-state index contributed by atoms with van der Waals surface area (Å²) in [4.78, 5) is 0. The number of methoxy groups -OCH3 is 1. The molecule has 1 saturated carbocycles. The smallest absolute Gasteiger partial charge is 0.162 e. The molecular weight excluding hydrogens is 216 g/mol. The number of ether oxygens (including phenoxy) is 1. The van der Waals surface area contributed by atoms with Crippen LogP contribution >= 0.6 is 0 Å². The lowest BCUT2D eigenvalue weighted by Gasteiger charge is -2.33. The molecule has 4 nitrogen and oxygen atoms in total. The summed E-state index contributed by atoms with van der Waals surface area (Å²) in [7, 11) is 1.64. The summed E-state index contributed by atoms with van der Waals surface area (Å²) < 4.78 is 7.24. The number of aromatic nitrogens is 2. The Labute approximate surface area is 103 Å². The van der Waals surface area contributed by atoms with Gasteiger partial charge in [0.25, 0.3) is 0 Å². The zero-order valence-corrected chi connectivity index (χ0v) is 10.9. The van der Waals surface area contributed by atoms with Crippen LogP contribution in [0.5, 0.6) is 5.75 Å². The van der Waals surface area contributed by atoms with Gasteiger partial charge in [0.1, 0.15) is 11.3 Å². The largest absolute Gasteiger partial charge is 0.493 e. The van der Waals surface area contributed by atoms with Crippen LogP contribution in [-0.2, 0) is 5.60 Å². The Balaban J connectivity index is 2.43. The van der Waals surface area contributed by atoms with Crippen molar-refractivity contribution < 1.29 is 9.84 Å². The van der Waals surface area contributed by atoms with E-state index in [2.05, 4.69) is 18.9 Å².